The van der Waals surface area contributed by atoms with Crippen LogP contribution in [0.3, 0.4) is 0 Å². The van der Waals surface area contributed by atoms with E-state index in [0.717, 1.165) is 23.3 Å². The summed E-state index contributed by atoms with van der Waals surface area (Å²) in [6.45, 7) is 2.68. The number of carbonyl (C=O) groups is 2. The topological polar surface area (TPSA) is 138 Å². The molecule has 5 rings (SSSR count). The number of aromatic nitrogens is 2. The van der Waals surface area contributed by atoms with Gasteiger partial charge in [-0.15, -0.1) is 11.8 Å². The zero-order valence-electron chi connectivity index (χ0n) is 21.5. The summed E-state index contributed by atoms with van der Waals surface area (Å²) in [5.41, 5.74) is 2.62. The Morgan fingerprint density at radius 2 is 2.23 bits per heavy atom. The van der Waals surface area contributed by atoms with E-state index in [2.05, 4.69) is 21.4 Å². The normalized spacial score (nSPS) is 20.4. The monoisotopic (exact) mass is 548 g/mol. The first-order valence-electron chi connectivity index (χ1n) is 12.8. The van der Waals surface area contributed by atoms with Crippen molar-refractivity contribution < 1.29 is 23.9 Å². The number of nitrogens with one attached hydrogen (secondary N) is 1. The quantitative estimate of drug-likeness (QED) is 0.406. The highest BCUT2D eigenvalue weighted by Crippen LogP contribution is 2.33. The molecule has 0 spiro atoms. The number of amides is 2. The molecule has 0 aromatic carbocycles. The third-order valence-corrected chi connectivity index (χ3v) is 8.39. The Kier molecular flexibility index (Phi) is 8.24. The number of hydrogen-bond acceptors (Lipinski definition) is 10. The first-order chi connectivity index (χ1) is 19.0. The molecular formula is C27H28N6O5S. The van der Waals surface area contributed by atoms with Crippen LogP contribution < -0.4 is 10.2 Å². The minimum atomic E-state index is -0.418. The van der Waals surface area contributed by atoms with Crippen molar-refractivity contribution in [2.45, 2.75) is 48.5 Å². The lowest BCUT2D eigenvalue weighted by atomic mass is 10.0. The number of pyridine rings is 2. The van der Waals surface area contributed by atoms with E-state index in [0.29, 0.717) is 80.4 Å². The molecule has 2 aromatic heterocycles. The Bertz CT molecular complexity index is 1370. The molecule has 202 valence electrons. The molecule has 2 aromatic rings. The van der Waals surface area contributed by atoms with Crippen LogP contribution in [0.5, 0.6) is 0 Å². The van der Waals surface area contributed by atoms with Gasteiger partial charge in [-0.3, -0.25) is 15.0 Å². The van der Waals surface area contributed by atoms with Crippen LogP contribution in [0.25, 0.3) is 0 Å². The lowest BCUT2D eigenvalue weighted by Gasteiger charge is -2.29. The van der Waals surface area contributed by atoms with Gasteiger partial charge in [0.15, 0.2) is 6.29 Å². The fraction of sp³-hybridized carbons (Fsp3) is 0.444. The molecule has 0 radical (unpaired) electrons. The molecule has 0 unspecified atom stereocenters. The van der Waals surface area contributed by atoms with E-state index in [-0.39, 0.29) is 17.0 Å². The average molecular weight is 549 g/mol. The number of rotatable bonds is 7. The predicted molar refractivity (Wildman–Crippen MR) is 143 cm³/mol. The van der Waals surface area contributed by atoms with E-state index in [1.54, 1.807) is 24.9 Å². The largest absolute Gasteiger partial charge is 0.380 e. The predicted octanol–water partition coefficient (Wildman–Crippen LogP) is 2.96. The van der Waals surface area contributed by atoms with E-state index < -0.39 is 6.03 Å². The Hall–Kier alpha value is -3.75. The Balaban J connectivity index is 1.36. The van der Waals surface area contributed by atoms with Crippen LogP contribution >= 0.6 is 11.8 Å². The summed E-state index contributed by atoms with van der Waals surface area (Å²) in [4.78, 5) is 49.8. The van der Waals surface area contributed by atoms with Gasteiger partial charge < -0.3 is 14.4 Å². The molecule has 12 heteroatoms. The van der Waals surface area contributed by atoms with Gasteiger partial charge in [-0.05, 0) is 43.4 Å². The third-order valence-electron chi connectivity index (χ3n) is 7.09. The zero-order valence-corrected chi connectivity index (χ0v) is 22.3. The van der Waals surface area contributed by atoms with Crippen LogP contribution in [0.2, 0.25) is 0 Å². The Morgan fingerprint density at radius 1 is 1.36 bits per heavy atom. The molecule has 0 bridgehead atoms. The van der Waals surface area contributed by atoms with Gasteiger partial charge in [-0.2, -0.15) is 5.26 Å². The van der Waals surface area contributed by atoms with Crippen molar-refractivity contribution in [2.75, 3.05) is 43.6 Å². The number of hydrogen-bond donors (Lipinski definition) is 1. The summed E-state index contributed by atoms with van der Waals surface area (Å²) in [5, 5.41) is 12.6. The van der Waals surface area contributed by atoms with Crippen LogP contribution in [-0.4, -0.2) is 77.9 Å². The summed E-state index contributed by atoms with van der Waals surface area (Å²) in [6.07, 6.45) is 4.81. The lowest BCUT2D eigenvalue weighted by molar-refractivity contribution is 0.111. The molecule has 2 atom stereocenters. The van der Waals surface area contributed by atoms with Crippen molar-refractivity contribution >= 4 is 41.7 Å². The van der Waals surface area contributed by atoms with E-state index in [1.807, 2.05) is 16.9 Å². The Morgan fingerprint density at radius 3 is 2.95 bits per heavy atom. The lowest BCUT2D eigenvalue weighted by Crippen LogP contribution is -2.40. The molecule has 0 saturated carbocycles. The van der Waals surface area contributed by atoms with E-state index >= 15 is 0 Å². The molecule has 0 aliphatic carbocycles. The van der Waals surface area contributed by atoms with Gasteiger partial charge in [0.1, 0.15) is 41.1 Å². The number of anilines is 2. The minimum absolute atomic E-state index is 0.216. The van der Waals surface area contributed by atoms with Crippen molar-refractivity contribution in [3.63, 3.8) is 0 Å². The number of likely N-dealkylation sites (tertiary alicyclic amines) is 1. The highest BCUT2D eigenvalue weighted by molar-refractivity contribution is 8.00. The average Bonchev–Trinajstić information content (AvgIpc) is 3.61. The van der Waals surface area contributed by atoms with E-state index in [4.69, 9.17) is 9.47 Å². The van der Waals surface area contributed by atoms with E-state index in [9.17, 15) is 19.6 Å². The molecule has 3 aliphatic heterocycles. The Labute approximate surface area is 230 Å². The van der Waals surface area contributed by atoms with Gasteiger partial charge in [0, 0.05) is 55.3 Å². The first kappa shape index (κ1) is 26.8. The fourth-order valence-corrected chi connectivity index (χ4v) is 6.24. The highest BCUT2D eigenvalue weighted by Gasteiger charge is 2.31. The summed E-state index contributed by atoms with van der Waals surface area (Å²) < 4.78 is 10.8. The molecular weight excluding hydrogens is 520 g/mol. The van der Waals surface area contributed by atoms with Gasteiger partial charge in [-0.25, -0.2) is 19.6 Å². The number of carbonyl (C=O) groups excluding carboxylic acids is 3. The van der Waals surface area contributed by atoms with Gasteiger partial charge in [0.05, 0.1) is 12.2 Å². The number of ether oxygens (including phenoxy) is 2. The van der Waals surface area contributed by atoms with Crippen LogP contribution in [0.4, 0.5) is 16.4 Å². The van der Waals surface area contributed by atoms with Crippen molar-refractivity contribution in [2.24, 2.45) is 0 Å². The molecule has 2 amide bonds. The van der Waals surface area contributed by atoms with Crippen LogP contribution in [-0.2, 0) is 27.2 Å². The maximum Gasteiger partial charge on any atom is 0.328 e. The number of thioether (sulfide) groups is 1. The number of fused-ring (bicyclic) bond motifs is 1. The van der Waals surface area contributed by atoms with Gasteiger partial charge in [0.25, 0.3) is 0 Å². The second-order valence-electron chi connectivity index (χ2n) is 9.52. The number of methoxy groups -OCH3 is 1. The maximum absolute atomic E-state index is 13.3. The van der Waals surface area contributed by atoms with Crippen molar-refractivity contribution in [1.82, 2.24) is 14.9 Å². The maximum atomic E-state index is 13.3. The molecule has 11 nitrogen and oxygen atoms in total. The summed E-state index contributed by atoms with van der Waals surface area (Å²) >= 11 is 1.55. The van der Waals surface area contributed by atoms with Crippen LogP contribution in [0, 0.1) is 11.3 Å². The van der Waals surface area contributed by atoms with Crippen LogP contribution in [0.1, 0.15) is 46.4 Å². The summed E-state index contributed by atoms with van der Waals surface area (Å²) in [7, 11) is 1.56. The molecule has 5 heterocycles. The zero-order chi connectivity index (χ0) is 27.4. The molecule has 39 heavy (non-hydrogen) atoms. The molecule has 2 fully saturated rings. The van der Waals surface area contributed by atoms with Gasteiger partial charge >= 0.3 is 6.03 Å². The number of nitriles is 1. The SMILES string of the molecule is CO[C@@H]1CCN(Cc2cc3c(nc2C=O)N(C(=O)Nc2cc(S[C@H]4CCOC4)c(C#N)cn2)CCC3)C1=C=O. The van der Waals surface area contributed by atoms with Gasteiger partial charge in [0.2, 0.25) is 0 Å². The molecule has 2 saturated heterocycles. The number of aldehydes is 1. The minimum Gasteiger partial charge on any atom is -0.380 e. The number of aryl methyl sites for hydroxylation is 1. The van der Waals surface area contributed by atoms with Crippen LogP contribution in [0.15, 0.2) is 28.9 Å². The summed E-state index contributed by atoms with van der Waals surface area (Å²) in [5.74, 6) is 2.73. The van der Waals surface area contributed by atoms with E-state index in [1.165, 1.54) is 11.1 Å². The standard InChI is InChI=1S/C27H28N6O5S/c1-37-23-4-7-32(22(23)15-35)13-18-9-17-3-2-6-33(26(17)30-21(18)14-34)27(36)31-25-10-24(19(11-28)12-29-25)39-20-5-8-38-16-20/h9-10,12,14,20,23H,2-8,13,16H2,1H3,(H,29,31,36)/t20-,23+/m0/s1. The highest BCUT2D eigenvalue weighted by atomic mass is 32.2. The van der Waals surface area contributed by atoms with Gasteiger partial charge in [-0.1, -0.05) is 0 Å². The number of nitrogens with zero attached hydrogens (tertiary/aromatic N) is 5. The number of urea groups is 1. The smallest absolute Gasteiger partial charge is 0.328 e. The first-order valence-corrected chi connectivity index (χ1v) is 13.7. The second-order valence-corrected chi connectivity index (χ2v) is 10.9. The summed E-state index contributed by atoms with van der Waals surface area (Å²) in [6, 6.07) is 5.34. The molecule has 3 aliphatic rings. The van der Waals surface area contributed by atoms with Crippen molar-refractivity contribution in [3.05, 3.63) is 46.4 Å². The second kappa shape index (κ2) is 12.0. The fourth-order valence-electron chi connectivity index (χ4n) is 5.10. The van der Waals surface area contributed by atoms with Crippen molar-refractivity contribution in [3.8, 4) is 6.07 Å². The van der Waals surface area contributed by atoms with Crippen molar-refractivity contribution in [1.29, 1.82) is 5.26 Å². The molecule has 1 N–H and O–H groups in total. The third kappa shape index (κ3) is 5.67.